The van der Waals surface area contributed by atoms with Crippen LogP contribution in [0.3, 0.4) is 0 Å². The first-order valence-corrected chi connectivity index (χ1v) is 8.82. The van der Waals surface area contributed by atoms with Crippen LogP contribution >= 0.6 is 0 Å². The van der Waals surface area contributed by atoms with Gasteiger partial charge >= 0.3 is 0 Å². The van der Waals surface area contributed by atoms with Gasteiger partial charge in [-0.25, -0.2) is 9.97 Å². The average Bonchev–Trinajstić information content (AvgIpc) is 2.63. The molecule has 0 aromatic carbocycles. The summed E-state index contributed by atoms with van der Waals surface area (Å²) in [7, 11) is 0. The van der Waals surface area contributed by atoms with E-state index < -0.39 is 0 Å². The van der Waals surface area contributed by atoms with Gasteiger partial charge in [0, 0.05) is 64.4 Å². The molecule has 0 aliphatic carbocycles. The standard InChI is InChI=1S/C17H26N4O2/c1-5-18-16(19-6-1)21-9-7-20(8-10-21)15-2-11-23-17(14-15)3-12-22-13-4-17/h1,5-6,15H,2-4,7-14H2. The van der Waals surface area contributed by atoms with Crippen LogP contribution in [-0.2, 0) is 9.47 Å². The van der Waals surface area contributed by atoms with E-state index in [-0.39, 0.29) is 5.60 Å². The smallest absolute Gasteiger partial charge is 0.225 e. The molecule has 1 aromatic rings. The first-order valence-electron chi connectivity index (χ1n) is 8.82. The summed E-state index contributed by atoms with van der Waals surface area (Å²) < 4.78 is 11.7. The highest BCUT2D eigenvalue weighted by atomic mass is 16.5. The Labute approximate surface area is 137 Å². The molecule has 6 heteroatoms. The lowest BCUT2D eigenvalue weighted by atomic mass is 9.83. The van der Waals surface area contributed by atoms with Crippen LogP contribution in [0, 0.1) is 0 Å². The van der Waals surface area contributed by atoms with Gasteiger partial charge in [-0.05, 0) is 31.7 Å². The van der Waals surface area contributed by atoms with Crippen LogP contribution in [0.25, 0.3) is 0 Å². The van der Waals surface area contributed by atoms with Gasteiger partial charge < -0.3 is 14.4 Å². The molecular weight excluding hydrogens is 292 g/mol. The lowest BCUT2D eigenvalue weighted by Gasteiger charge is -2.48. The first-order chi connectivity index (χ1) is 11.3. The van der Waals surface area contributed by atoms with Crippen molar-refractivity contribution in [2.75, 3.05) is 50.9 Å². The minimum absolute atomic E-state index is 0.0842. The Morgan fingerprint density at radius 2 is 1.74 bits per heavy atom. The maximum absolute atomic E-state index is 6.18. The Hall–Kier alpha value is -1.24. The monoisotopic (exact) mass is 318 g/mol. The molecule has 1 unspecified atom stereocenters. The second-order valence-corrected chi connectivity index (χ2v) is 6.86. The fraction of sp³-hybridized carbons (Fsp3) is 0.765. The fourth-order valence-electron chi connectivity index (χ4n) is 4.15. The molecule has 0 saturated carbocycles. The molecule has 1 atom stereocenters. The van der Waals surface area contributed by atoms with E-state index >= 15 is 0 Å². The Bertz CT molecular complexity index is 493. The average molecular weight is 318 g/mol. The summed E-state index contributed by atoms with van der Waals surface area (Å²) in [6, 6.07) is 2.52. The van der Waals surface area contributed by atoms with E-state index in [1.165, 1.54) is 0 Å². The SMILES string of the molecule is c1cnc(N2CCN(C3CCOC4(CCOCC4)C3)CC2)nc1. The van der Waals surface area contributed by atoms with Crippen molar-refractivity contribution < 1.29 is 9.47 Å². The molecule has 3 saturated heterocycles. The number of aromatic nitrogens is 2. The molecule has 126 valence electrons. The number of nitrogens with zero attached hydrogens (tertiary/aromatic N) is 4. The molecule has 3 fully saturated rings. The largest absolute Gasteiger partial charge is 0.381 e. The second-order valence-electron chi connectivity index (χ2n) is 6.86. The van der Waals surface area contributed by atoms with Crippen LogP contribution in [-0.4, -0.2) is 72.5 Å². The van der Waals surface area contributed by atoms with Gasteiger partial charge in [0.1, 0.15) is 0 Å². The van der Waals surface area contributed by atoms with Crippen LogP contribution < -0.4 is 4.90 Å². The number of hydrogen-bond donors (Lipinski definition) is 0. The third-order valence-corrected chi connectivity index (χ3v) is 5.54. The number of hydrogen-bond acceptors (Lipinski definition) is 6. The maximum atomic E-state index is 6.18. The predicted molar refractivity (Wildman–Crippen MR) is 87.6 cm³/mol. The van der Waals surface area contributed by atoms with Gasteiger partial charge in [0.2, 0.25) is 5.95 Å². The highest BCUT2D eigenvalue weighted by Crippen LogP contribution is 2.36. The zero-order valence-electron chi connectivity index (χ0n) is 13.7. The van der Waals surface area contributed by atoms with Crippen molar-refractivity contribution in [1.29, 1.82) is 0 Å². The van der Waals surface area contributed by atoms with Crippen molar-refractivity contribution in [2.45, 2.75) is 37.3 Å². The van der Waals surface area contributed by atoms with E-state index in [1.807, 2.05) is 18.5 Å². The lowest BCUT2D eigenvalue weighted by molar-refractivity contribution is -0.151. The molecule has 0 bridgehead atoms. The normalized spacial score (nSPS) is 28.9. The number of rotatable bonds is 2. The van der Waals surface area contributed by atoms with E-state index in [1.54, 1.807) is 0 Å². The second kappa shape index (κ2) is 6.71. The van der Waals surface area contributed by atoms with Crippen LogP contribution in [0.2, 0.25) is 0 Å². The first kappa shape index (κ1) is 15.3. The molecule has 23 heavy (non-hydrogen) atoms. The number of piperazine rings is 1. The van der Waals surface area contributed by atoms with Gasteiger partial charge in [0.25, 0.3) is 0 Å². The fourth-order valence-corrected chi connectivity index (χ4v) is 4.15. The van der Waals surface area contributed by atoms with Crippen LogP contribution in [0.15, 0.2) is 18.5 Å². The third-order valence-electron chi connectivity index (χ3n) is 5.54. The molecule has 4 rings (SSSR count). The van der Waals surface area contributed by atoms with Gasteiger partial charge in [-0.2, -0.15) is 0 Å². The summed E-state index contributed by atoms with van der Waals surface area (Å²) in [4.78, 5) is 13.7. The topological polar surface area (TPSA) is 50.7 Å². The summed E-state index contributed by atoms with van der Waals surface area (Å²) in [5.41, 5.74) is 0.0842. The molecule has 0 N–H and O–H groups in total. The molecule has 1 spiro atoms. The zero-order chi connectivity index (χ0) is 15.5. The highest BCUT2D eigenvalue weighted by molar-refractivity contribution is 5.29. The van der Waals surface area contributed by atoms with Crippen LogP contribution in [0.4, 0.5) is 5.95 Å². The van der Waals surface area contributed by atoms with Gasteiger partial charge in [-0.15, -0.1) is 0 Å². The summed E-state index contributed by atoms with van der Waals surface area (Å²) in [5, 5.41) is 0. The molecular formula is C17H26N4O2. The minimum atomic E-state index is 0.0842. The van der Waals surface area contributed by atoms with E-state index in [4.69, 9.17) is 9.47 Å². The van der Waals surface area contributed by atoms with E-state index in [0.29, 0.717) is 6.04 Å². The summed E-state index contributed by atoms with van der Waals surface area (Å²) >= 11 is 0. The van der Waals surface area contributed by atoms with Crippen molar-refractivity contribution in [3.8, 4) is 0 Å². The maximum Gasteiger partial charge on any atom is 0.225 e. The Morgan fingerprint density at radius 3 is 2.48 bits per heavy atom. The van der Waals surface area contributed by atoms with Crippen LogP contribution in [0.5, 0.6) is 0 Å². The van der Waals surface area contributed by atoms with E-state index in [9.17, 15) is 0 Å². The summed E-state index contributed by atoms with van der Waals surface area (Å²) in [6.07, 6.45) is 8.08. The number of anilines is 1. The van der Waals surface area contributed by atoms with Gasteiger partial charge in [-0.3, -0.25) is 4.90 Å². The van der Waals surface area contributed by atoms with Crippen molar-refractivity contribution >= 4 is 5.95 Å². The van der Waals surface area contributed by atoms with Gasteiger partial charge in [0.05, 0.1) is 5.60 Å². The van der Waals surface area contributed by atoms with Crippen molar-refractivity contribution in [1.82, 2.24) is 14.9 Å². The van der Waals surface area contributed by atoms with Crippen molar-refractivity contribution in [3.05, 3.63) is 18.5 Å². The lowest BCUT2D eigenvalue weighted by Crippen LogP contribution is -2.56. The molecule has 0 radical (unpaired) electrons. The van der Waals surface area contributed by atoms with Crippen LogP contribution in [0.1, 0.15) is 25.7 Å². The molecule has 1 aromatic heterocycles. The van der Waals surface area contributed by atoms with E-state index in [0.717, 1.165) is 77.6 Å². The molecule has 4 heterocycles. The summed E-state index contributed by atoms with van der Waals surface area (Å²) in [5.74, 6) is 0.861. The van der Waals surface area contributed by atoms with Crippen molar-refractivity contribution in [3.63, 3.8) is 0 Å². The Kier molecular flexibility index (Phi) is 4.46. The summed E-state index contributed by atoms with van der Waals surface area (Å²) in [6.45, 7) is 6.81. The van der Waals surface area contributed by atoms with Crippen molar-refractivity contribution in [2.24, 2.45) is 0 Å². The molecule has 3 aliphatic rings. The zero-order valence-corrected chi connectivity index (χ0v) is 13.7. The van der Waals surface area contributed by atoms with Gasteiger partial charge in [-0.1, -0.05) is 0 Å². The molecule has 0 amide bonds. The van der Waals surface area contributed by atoms with E-state index in [2.05, 4.69) is 19.8 Å². The highest BCUT2D eigenvalue weighted by Gasteiger charge is 2.41. The molecule has 6 nitrogen and oxygen atoms in total. The molecule has 3 aliphatic heterocycles. The Morgan fingerprint density at radius 1 is 1.00 bits per heavy atom. The predicted octanol–water partition coefficient (Wildman–Crippen LogP) is 1.33. The quantitative estimate of drug-likeness (QED) is 0.820. The van der Waals surface area contributed by atoms with Gasteiger partial charge in [0.15, 0.2) is 0 Å². The Balaban J connectivity index is 1.35. The number of ether oxygens (including phenoxy) is 2. The minimum Gasteiger partial charge on any atom is -0.381 e. The third kappa shape index (κ3) is 3.34.